The Hall–Kier alpha value is -7.55. The highest BCUT2D eigenvalue weighted by molar-refractivity contribution is 6.11. The Kier molecular flexibility index (Phi) is 13.7. The zero-order valence-electron chi connectivity index (χ0n) is 37.6. The number of carboxylic acid groups (broad SMARTS) is 1. The van der Waals surface area contributed by atoms with Gasteiger partial charge in [0, 0.05) is 77.8 Å². The predicted molar refractivity (Wildman–Crippen MR) is 253 cm³/mol. The molecule has 0 atom stereocenters. The third-order valence-electron chi connectivity index (χ3n) is 12.1. The van der Waals surface area contributed by atoms with Crippen molar-refractivity contribution in [1.29, 1.82) is 0 Å². The van der Waals surface area contributed by atoms with E-state index in [1.54, 1.807) is 29.2 Å². The molecule has 0 spiro atoms. The summed E-state index contributed by atoms with van der Waals surface area (Å²) in [6.07, 6.45) is 2.23. The number of ether oxygens (including phenoxy) is 4. The first-order chi connectivity index (χ1) is 32.1. The number of esters is 2. The molecule has 8 rings (SSSR count). The number of amides is 1. The van der Waals surface area contributed by atoms with Gasteiger partial charge in [-0.3, -0.25) is 14.4 Å². The van der Waals surface area contributed by atoms with Gasteiger partial charge in [0.1, 0.15) is 62.2 Å². The van der Waals surface area contributed by atoms with Crippen molar-refractivity contribution < 1.29 is 47.6 Å². The van der Waals surface area contributed by atoms with Crippen molar-refractivity contribution in [1.82, 2.24) is 4.58 Å². The number of hydrogen-bond donors (Lipinski definition) is 2. The number of nitrogens with one attached hydrogen (secondary N) is 1. The molecule has 0 bridgehead atoms. The van der Waals surface area contributed by atoms with Crippen LogP contribution in [0, 0.1) is 0 Å². The minimum Gasteiger partial charge on any atom is -0.488 e. The standard InChI is InChI=1S/C51H53N5O10/c1-5-53(31-47(57)62-3)41-11-7-8-12-43(41)64-25-26-65-46-28-34(14-20-42(46)54(6-2)32-48(58)63-4)52-50(59)33-13-17-37(51(60)61)40(27-33)49-38-18-15-35(55-21-9-22-55)29-44(38)66-45-30-36(16-19-39(45)49)56-23-10-24-56/h7-8,11-20,27-30H,5-6,9-10,21-26,31-32H2,1-4H3,(H-,52,59,60,61)/p+1. The van der Waals surface area contributed by atoms with E-state index in [1.807, 2.05) is 79.4 Å². The van der Waals surface area contributed by atoms with Crippen LogP contribution in [0.15, 0.2) is 101 Å². The van der Waals surface area contributed by atoms with Crippen LogP contribution < -0.4 is 39.4 Å². The van der Waals surface area contributed by atoms with Crippen molar-refractivity contribution in [2.75, 3.05) is 99.8 Å². The van der Waals surface area contributed by atoms with Crippen LogP contribution in [0.3, 0.4) is 0 Å². The van der Waals surface area contributed by atoms with Gasteiger partial charge in [-0.25, -0.2) is 9.37 Å². The number of carbonyl (C=O) groups excluding carboxylic acids is 3. The lowest BCUT2D eigenvalue weighted by molar-refractivity contribution is -0.139. The van der Waals surface area contributed by atoms with Gasteiger partial charge < -0.3 is 48.5 Å². The van der Waals surface area contributed by atoms with Gasteiger partial charge in [-0.05, 0) is 86.5 Å². The lowest BCUT2D eigenvalue weighted by Gasteiger charge is -2.33. The van der Waals surface area contributed by atoms with Crippen LogP contribution >= 0.6 is 0 Å². The zero-order chi connectivity index (χ0) is 46.3. The van der Waals surface area contributed by atoms with Crippen molar-refractivity contribution in [3.63, 3.8) is 0 Å². The van der Waals surface area contributed by atoms with Crippen molar-refractivity contribution in [2.45, 2.75) is 26.7 Å². The van der Waals surface area contributed by atoms with E-state index in [1.165, 1.54) is 26.4 Å². The van der Waals surface area contributed by atoms with E-state index in [9.17, 15) is 24.3 Å². The molecule has 1 amide bonds. The third-order valence-corrected chi connectivity index (χ3v) is 12.1. The van der Waals surface area contributed by atoms with Crippen LogP contribution in [-0.2, 0) is 19.1 Å². The van der Waals surface area contributed by atoms with Crippen LogP contribution in [0.2, 0.25) is 0 Å². The fraction of sp³-hybridized carbons (Fsp3) is 0.314. The number of hydrogen-bond acceptors (Lipinski definition) is 12. The van der Waals surface area contributed by atoms with Gasteiger partial charge in [0.25, 0.3) is 5.91 Å². The molecule has 0 radical (unpaired) electrons. The molecule has 4 aromatic rings. The predicted octanol–water partition coefficient (Wildman–Crippen LogP) is 7.00. The SMILES string of the molecule is CCN(CC(=O)OC)c1ccccc1OCCOc1cc(NC(=O)c2ccc(C(=O)O)c(-c3c4ccc(=[N+]5CCC5)cc-4oc4cc(N5CCC5)ccc34)c2)ccc1N(CC)CC(=O)OC. The van der Waals surface area contributed by atoms with E-state index in [-0.39, 0.29) is 43.4 Å². The number of carboxylic acids is 1. The van der Waals surface area contributed by atoms with E-state index in [0.717, 1.165) is 66.7 Å². The summed E-state index contributed by atoms with van der Waals surface area (Å²) in [7, 11) is 2.68. The highest BCUT2D eigenvalue weighted by Gasteiger charge is 2.27. The van der Waals surface area contributed by atoms with E-state index in [0.29, 0.717) is 58.4 Å². The molecule has 342 valence electrons. The summed E-state index contributed by atoms with van der Waals surface area (Å²) in [4.78, 5) is 57.7. The summed E-state index contributed by atoms with van der Waals surface area (Å²) in [6.45, 7) is 8.86. The molecule has 2 N–H and O–H groups in total. The van der Waals surface area contributed by atoms with Gasteiger partial charge in [0.15, 0.2) is 0 Å². The molecule has 2 fully saturated rings. The molecule has 4 aliphatic rings. The molecule has 0 unspecified atom stereocenters. The largest absolute Gasteiger partial charge is 0.488 e. The Morgan fingerprint density at radius 2 is 1.44 bits per heavy atom. The van der Waals surface area contributed by atoms with Gasteiger partial charge in [-0.2, -0.15) is 0 Å². The monoisotopic (exact) mass is 896 g/mol. The van der Waals surface area contributed by atoms with Crippen molar-refractivity contribution >= 4 is 57.5 Å². The summed E-state index contributed by atoms with van der Waals surface area (Å²) in [5, 5.41) is 15.3. The van der Waals surface area contributed by atoms with Gasteiger partial charge in [-0.1, -0.05) is 12.1 Å². The fourth-order valence-electron chi connectivity index (χ4n) is 8.27. The summed E-state index contributed by atoms with van der Waals surface area (Å²) >= 11 is 0. The second-order valence-corrected chi connectivity index (χ2v) is 16.1. The molecular formula is C51H54N5O10+. The highest BCUT2D eigenvalue weighted by Crippen LogP contribution is 2.43. The quantitative estimate of drug-likeness (QED) is 0.0393. The minimum absolute atomic E-state index is 0.0417. The number of benzene rings is 5. The van der Waals surface area contributed by atoms with Gasteiger partial charge >= 0.3 is 17.9 Å². The molecule has 3 heterocycles. The number of para-hydroxylation sites is 2. The average Bonchev–Trinajstić information content (AvgIpc) is 3.29. The molecule has 0 saturated carbocycles. The highest BCUT2D eigenvalue weighted by atomic mass is 16.5. The third kappa shape index (κ3) is 9.60. The van der Waals surface area contributed by atoms with Crippen LogP contribution in [0.1, 0.15) is 47.4 Å². The van der Waals surface area contributed by atoms with Crippen molar-refractivity contribution in [2.24, 2.45) is 0 Å². The Morgan fingerprint density at radius 3 is 2.08 bits per heavy atom. The van der Waals surface area contributed by atoms with Gasteiger partial charge in [0.2, 0.25) is 5.36 Å². The topological polar surface area (TPSA) is 163 Å². The van der Waals surface area contributed by atoms with Gasteiger partial charge in [0.05, 0.1) is 43.6 Å². The maximum Gasteiger partial charge on any atom is 0.336 e. The number of likely N-dealkylation sites (N-methyl/N-ethyl adjacent to an activating group) is 2. The first-order valence-electron chi connectivity index (χ1n) is 22.2. The molecule has 3 aliphatic heterocycles. The first-order valence-corrected chi connectivity index (χ1v) is 22.2. The number of carbonyl (C=O) groups is 4. The smallest absolute Gasteiger partial charge is 0.336 e. The van der Waals surface area contributed by atoms with Crippen LogP contribution in [-0.4, -0.2) is 109 Å². The molecular weight excluding hydrogens is 843 g/mol. The Balaban J connectivity index is 1.10. The molecule has 15 nitrogen and oxygen atoms in total. The normalized spacial score (nSPS) is 13.1. The molecule has 15 heteroatoms. The lowest BCUT2D eigenvalue weighted by Crippen LogP contribution is -2.40. The molecule has 1 aliphatic carbocycles. The zero-order valence-corrected chi connectivity index (χ0v) is 37.6. The van der Waals surface area contributed by atoms with Crippen LogP contribution in [0.4, 0.5) is 22.7 Å². The van der Waals surface area contributed by atoms with Crippen molar-refractivity contribution in [3.8, 4) is 33.9 Å². The second kappa shape index (κ2) is 20.1. The second-order valence-electron chi connectivity index (χ2n) is 16.1. The summed E-state index contributed by atoms with van der Waals surface area (Å²) in [5.41, 5.74) is 5.40. The number of rotatable bonds is 18. The average molecular weight is 897 g/mol. The Labute approximate surface area is 382 Å². The van der Waals surface area contributed by atoms with E-state index in [2.05, 4.69) is 14.8 Å². The summed E-state index contributed by atoms with van der Waals surface area (Å²) in [6, 6.07) is 29.2. The number of aromatic carboxylic acids is 1. The van der Waals surface area contributed by atoms with Gasteiger partial charge in [-0.15, -0.1) is 0 Å². The fourth-order valence-corrected chi connectivity index (χ4v) is 8.27. The maximum absolute atomic E-state index is 14.3. The number of anilines is 4. The minimum atomic E-state index is -1.13. The summed E-state index contributed by atoms with van der Waals surface area (Å²) in [5.74, 6) is -0.869. The maximum atomic E-state index is 14.3. The Morgan fingerprint density at radius 1 is 0.742 bits per heavy atom. The van der Waals surface area contributed by atoms with E-state index >= 15 is 0 Å². The first kappa shape index (κ1) is 45.0. The van der Waals surface area contributed by atoms with Crippen LogP contribution in [0.5, 0.6) is 11.5 Å². The number of fused-ring (bicyclic) bond motifs is 2. The molecule has 66 heavy (non-hydrogen) atoms. The van der Waals surface area contributed by atoms with Crippen molar-refractivity contribution in [3.05, 3.63) is 114 Å². The number of nitrogens with zero attached hydrogens (tertiary/aromatic N) is 4. The molecule has 2 saturated heterocycles. The number of methoxy groups -OCH3 is 2. The lowest BCUT2D eigenvalue weighted by atomic mass is 9.89. The Bertz CT molecular complexity index is 2830. The van der Waals surface area contributed by atoms with E-state index in [4.69, 9.17) is 23.4 Å². The van der Waals surface area contributed by atoms with E-state index < -0.39 is 17.8 Å². The van der Waals surface area contributed by atoms with Crippen LogP contribution in [0.25, 0.3) is 33.4 Å². The molecule has 0 aromatic heterocycles. The summed E-state index contributed by atoms with van der Waals surface area (Å²) < 4.78 is 31.2. The molecule has 4 aromatic carbocycles.